The minimum absolute atomic E-state index is 0.0499. The second kappa shape index (κ2) is 7.17. The largest absolute Gasteiger partial charge is 0.325 e. The van der Waals surface area contributed by atoms with Gasteiger partial charge in [0, 0.05) is 16.0 Å². The SMILES string of the molecule is Cc1c(Cl)cccc1NC(=O)CSC1CCNCC1. The maximum Gasteiger partial charge on any atom is 0.234 e. The van der Waals surface area contributed by atoms with E-state index in [1.165, 1.54) is 0 Å². The molecule has 1 amide bonds. The van der Waals surface area contributed by atoms with Crippen molar-refractivity contribution < 1.29 is 4.79 Å². The van der Waals surface area contributed by atoms with Crippen molar-refractivity contribution in [2.45, 2.75) is 25.0 Å². The molecule has 5 heteroatoms. The predicted octanol–water partition coefficient (Wildman–Crippen LogP) is 3.07. The van der Waals surface area contributed by atoms with Crippen molar-refractivity contribution in [3.05, 3.63) is 28.8 Å². The van der Waals surface area contributed by atoms with Crippen LogP contribution in [0.4, 0.5) is 5.69 Å². The van der Waals surface area contributed by atoms with Crippen LogP contribution in [0.1, 0.15) is 18.4 Å². The highest BCUT2D eigenvalue weighted by Crippen LogP contribution is 2.24. The van der Waals surface area contributed by atoms with Crippen LogP contribution in [0.2, 0.25) is 5.02 Å². The Balaban J connectivity index is 1.82. The first-order chi connectivity index (χ1) is 9.16. The highest BCUT2D eigenvalue weighted by Gasteiger charge is 2.15. The Labute approximate surface area is 123 Å². The molecular weight excluding hydrogens is 280 g/mol. The van der Waals surface area contributed by atoms with Gasteiger partial charge in [-0.2, -0.15) is 0 Å². The lowest BCUT2D eigenvalue weighted by atomic mass is 10.2. The molecule has 1 saturated heterocycles. The molecule has 0 aromatic heterocycles. The fraction of sp³-hybridized carbons (Fsp3) is 0.500. The monoisotopic (exact) mass is 298 g/mol. The van der Waals surface area contributed by atoms with Crippen molar-refractivity contribution in [3.8, 4) is 0 Å². The number of carbonyl (C=O) groups excluding carboxylic acids is 1. The summed E-state index contributed by atoms with van der Waals surface area (Å²) in [5, 5.41) is 7.55. The highest BCUT2D eigenvalue weighted by molar-refractivity contribution is 8.00. The van der Waals surface area contributed by atoms with Gasteiger partial charge in [-0.3, -0.25) is 4.79 Å². The van der Waals surface area contributed by atoms with Crippen LogP contribution in [0.5, 0.6) is 0 Å². The number of hydrogen-bond donors (Lipinski definition) is 2. The van der Waals surface area contributed by atoms with E-state index in [9.17, 15) is 4.79 Å². The van der Waals surface area contributed by atoms with Crippen LogP contribution in [-0.2, 0) is 4.79 Å². The van der Waals surface area contributed by atoms with E-state index in [4.69, 9.17) is 11.6 Å². The summed E-state index contributed by atoms with van der Waals surface area (Å²) in [7, 11) is 0. The van der Waals surface area contributed by atoms with Gasteiger partial charge in [0.25, 0.3) is 0 Å². The number of carbonyl (C=O) groups is 1. The molecule has 0 saturated carbocycles. The van der Waals surface area contributed by atoms with E-state index in [-0.39, 0.29) is 5.91 Å². The first-order valence-corrected chi connectivity index (χ1v) is 7.97. The van der Waals surface area contributed by atoms with Crippen LogP contribution in [0.15, 0.2) is 18.2 Å². The summed E-state index contributed by atoms with van der Waals surface area (Å²) in [4.78, 5) is 11.9. The lowest BCUT2D eigenvalue weighted by molar-refractivity contribution is -0.113. The van der Waals surface area contributed by atoms with Crippen molar-refractivity contribution in [1.29, 1.82) is 0 Å². The molecular formula is C14H19ClN2OS. The van der Waals surface area contributed by atoms with Gasteiger partial charge in [0.05, 0.1) is 5.75 Å². The molecule has 0 atom stereocenters. The molecule has 104 valence electrons. The molecule has 2 N–H and O–H groups in total. The Morgan fingerprint density at radius 1 is 1.47 bits per heavy atom. The molecule has 1 aromatic rings. The predicted molar refractivity (Wildman–Crippen MR) is 83.2 cm³/mol. The summed E-state index contributed by atoms with van der Waals surface area (Å²) >= 11 is 7.78. The molecule has 1 heterocycles. The van der Waals surface area contributed by atoms with Crippen LogP contribution in [-0.4, -0.2) is 30.0 Å². The molecule has 0 bridgehead atoms. The summed E-state index contributed by atoms with van der Waals surface area (Å²) in [6.07, 6.45) is 2.29. The topological polar surface area (TPSA) is 41.1 Å². The van der Waals surface area contributed by atoms with E-state index in [2.05, 4.69) is 10.6 Å². The average Bonchev–Trinajstić information content (AvgIpc) is 2.43. The highest BCUT2D eigenvalue weighted by atomic mass is 35.5. The number of nitrogens with one attached hydrogen (secondary N) is 2. The second-order valence-electron chi connectivity index (χ2n) is 4.72. The van der Waals surface area contributed by atoms with E-state index >= 15 is 0 Å². The Kier molecular flexibility index (Phi) is 5.55. The van der Waals surface area contributed by atoms with Crippen LogP contribution >= 0.6 is 23.4 Å². The Morgan fingerprint density at radius 2 is 2.21 bits per heavy atom. The number of anilines is 1. The molecule has 3 nitrogen and oxygen atoms in total. The normalized spacial score (nSPS) is 16.3. The number of halogens is 1. The van der Waals surface area contributed by atoms with Crippen LogP contribution in [0.3, 0.4) is 0 Å². The third kappa shape index (κ3) is 4.41. The number of piperidine rings is 1. The lowest BCUT2D eigenvalue weighted by Crippen LogP contribution is -2.30. The van der Waals surface area contributed by atoms with E-state index < -0.39 is 0 Å². The zero-order chi connectivity index (χ0) is 13.7. The molecule has 0 unspecified atom stereocenters. The molecule has 0 spiro atoms. The minimum Gasteiger partial charge on any atom is -0.325 e. The maximum absolute atomic E-state index is 11.9. The van der Waals surface area contributed by atoms with Gasteiger partial charge in [-0.05, 0) is 50.6 Å². The first kappa shape index (κ1) is 14.7. The van der Waals surface area contributed by atoms with E-state index in [0.717, 1.165) is 37.2 Å². The van der Waals surface area contributed by atoms with Gasteiger partial charge in [-0.15, -0.1) is 11.8 Å². The fourth-order valence-electron chi connectivity index (χ4n) is 2.08. The zero-order valence-electron chi connectivity index (χ0n) is 11.0. The first-order valence-electron chi connectivity index (χ1n) is 6.54. The number of amides is 1. The molecule has 2 rings (SSSR count). The fourth-order valence-corrected chi connectivity index (χ4v) is 3.29. The van der Waals surface area contributed by atoms with Crippen molar-refractivity contribution >= 4 is 35.0 Å². The van der Waals surface area contributed by atoms with E-state index in [0.29, 0.717) is 16.0 Å². The Hall–Kier alpha value is -0.710. The molecule has 0 aliphatic carbocycles. The van der Waals surface area contributed by atoms with Crippen LogP contribution in [0.25, 0.3) is 0 Å². The molecule has 0 radical (unpaired) electrons. The average molecular weight is 299 g/mol. The number of benzene rings is 1. The number of rotatable bonds is 4. The summed E-state index contributed by atoms with van der Waals surface area (Å²) < 4.78 is 0. The second-order valence-corrected chi connectivity index (χ2v) is 6.42. The molecule has 1 aliphatic heterocycles. The van der Waals surface area contributed by atoms with Crippen molar-refractivity contribution in [3.63, 3.8) is 0 Å². The molecule has 1 aromatic carbocycles. The molecule has 1 aliphatic rings. The van der Waals surface area contributed by atoms with Crippen molar-refractivity contribution in [2.24, 2.45) is 0 Å². The van der Waals surface area contributed by atoms with Gasteiger partial charge in [0.1, 0.15) is 0 Å². The van der Waals surface area contributed by atoms with Crippen LogP contribution < -0.4 is 10.6 Å². The van der Waals surface area contributed by atoms with Gasteiger partial charge in [-0.25, -0.2) is 0 Å². The van der Waals surface area contributed by atoms with Gasteiger partial charge < -0.3 is 10.6 Å². The van der Waals surface area contributed by atoms with Crippen LogP contribution in [0, 0.1) is 6.92 Å². The van der Waals surface area contributed by atoms with Gasteiger partial charge in [0.15, 0.2) is 0 Å². The van der Waals surface area contributed by atoms with E-state index in [1.54, 1.807) is 11.8 Å². The summed E-state index contributed by atoms with van der Waals surface area (Å²) in [5.74, 6) is 0.560. The lowest BCUT2D eigenvalue weighted by Gasteiger charge is -2.21. The number of thioether (sulfide) groups is 1. The summed E-state index contributed by atoms with van der Waals surface area (Å²) in [6, 6.07) is 5.57. The summed E-state index contributed by atoms with van der Waals surface area (Å²) in [5.41, 5.74) is 1.73. The quantitative estimate of drug-likeness (QED) is 0.897. The van der Waals surface area contributed by atoms with Crippen molar-refractivity contribution in [1.82, 2.24) is 5.32 Å². The standard InChI is InChI=1S/C14H19ClN2OS/c1-10-12(15)3-2-4-13(10)17-14(18)9-19-11-5-7-16-8-6-11/h2-4,11,16H,5-9H2,1H3,(H,17,18). The summed E-state index contributed by atoms with van der Waals surface area (Å²) in [6.45, 7) is 4.04. The molecule has 19 heavy (non-hydrogen) atoms. The Bertz CT molecular complexity index is 447. The molecule has 1 fully saturated rings. The minimum atomic E-state index is 0.0499. The van der Waals surface area contributed by atoms with E-state index in [1.807, 2.05) is 25.1 Å². The van der Waals surface area contributed by atoms with Gasteiger partial charge in [-0.1, -0.05) is 17.7 Å². The third-order valence-corrected chi connectivity index (χ3v) is 5.06. The van der Waals surface area contributed by atoms with Gasteiger partial charge >= 0.3 is 0 Å². The third-order valence-electron chi connectivity index (χ3n) is 3.28. The number of hydrogen-bond acceptors (Lipinski definition) is 3. The Morgan fingerprint density at radius 3 is 2.95 bits per heavy atom. The smallest absolute Gasteiger partial charge is 0.234 e. The zero-order valence-corrected chi connectivity index (χ0v) is 12.6. The maximum atomic E-state index is 11.9. The van der Waals surface area contributed by atoms with Crippen molar-refractivity contribution in [2.75, 3.05) is 24.2 Å². The van der Waals surface area contributed by atoms with Gasteiger partial charge in [0.2, 0.25) is 5.91 Å².